The van der Waals surface area contributed by atoms with E-state index in [0.717, 1.165) is 12.1 Å². The number of hydrogen-bond acceptors (Lipinski definition) is 5. The topological polar surface area (TPSA) is 104 Å². The quantitative estimate of drug-likeness (QED) is 0.227. The number of morpholine rings is 1. The summed E-state index contributed by atoms with van der Waals surface area (Å²) >= 11 is 12.3. The molecule has 5 rings (SSSR count). The summed E-state index contributed by atoms with van der Waals surface area (Å²) in [7, 11) is -4.41. The first-order valence-electron chi connectivity index (χ1n) is 13.9. The maximum Gasteiger partial charge on any atom is 0.411 e. The van der Waals surface area contributed by atoms with Gasteiger partial charge in [-0.05, 0) is 60.4 Å². The van der Waals surface area contributed by atoms with Crippen molar-refractivity contribution in [3.05, 3.63) is 112 Å². The zero-order valence-electron chi connectivity index (χ0n) is 23.7. The van der Waals surface area contributed by atoms with Crippen LogP contribution in [0.5, 0.6) is 0 Å². The highest BCUT2D eigenvalue weighted by atomic mass is 35.5. The average molecular weight is 702 g/mol. The maximum absolute atomic E-state index is 15.1. The summed E-state index contributed by atoms with van der Waals surface area (Å²) in [5.41, 5.74) is -0.870. The van der Waals surface area contributed by atoms with Gasteiger partial charge in [0.2, 0.25) is 10.0 Å². The molecule has 1 aliphatic heterocycles. The summed E-state index contributed by atoms with van der Waals surface area (Å²) in [5, 5.41) is 9.13. The summed E-state index contributed by atoms with van der Waals surface area (Å²) in [6.45, 7) is -1.11. The normalized spacial score (nSPS) is 20.9. The second kappa shape index (κ2) is 13.2. The summed E-state index contributed by atoms with van der Waals surface area (Å²) < 4.78 is 92.0. The number of allylic oxidation sites excluding steroid dienone is 1. The Morgan fingerprint density at radius 2 is 1.67 bits per heavy atom. The second-order valence-corrected chi connectivity index (χ2v) is 13.8. The number of benzene rings is 3. The Kier molecular flexibility index (Phi) is 9.69. The van der Waals surface area contributed by atoms with E-state index in [4.69, 9.17) is 27.9 Å². The van der Waals surface area contributed by atoms with Crippen LogP contribution in [0, 0.1) is 5.82 Å². The lowest BCUT2D eigenvalue weighted by Gasteiger charge is -2.46. The number of sulfonamides is 1. The standard InChI is InChI=1S/C31H26Cl2F4N2O6S/c32-20-10-8-18(9-11-20)28-29(19-4-3-5-21(33)14-19)45-26(15-27(40)41)30(42)39(28)22(16-31(35,36)37)17-38(46(43,44)23-12-13-23)25-7-2-1-6-24(25)34/h1-11,14,16,23,26,28-29H,12-13,15,17H2,(H,40,41). The van der Waals surface area contributed by atoms with Gasteiger partial charge in [-0.2, -0.15) is 13.2 Å². The summed E-state index contributed by atoms with van der Waals surface area (Å²) in [5.74, 6) is -3.66. The lowest BCUT2D eigenvalue weighted by atomic mass is 9.90. The van der Waals surface area contributed by atoms with Gasteiger partial charge in [0.05, 0.1) is 29.9 Å². The lowest BCUT2D eigenvalue weighted by Crippen LogP contribution is -2.53. The fraction of sp³-hybridized carbons (Fsp3) is 0.290. The van der Waals surface area contributed by atoms with E-state index < -0.39 is 81.7 Å². The van der Waals surface area contributed by atoms with Crippen LogP contribution in [0.15, 0.2) is 84.6 Å². The predicted octanol–water partition coefficient (Wildman–Crippen LogP) is 7.06. The summed E-state index contributed by atoms with van der Waals surface area (Å²) in [4.78, 5) is 26.6. The number of rotatable bonds is 10. The molecule has 8 nitrogen and oxygen atoms in total. The van der Waals surface area contributed by atoms with Gasteiger partial charge in [-0.3, -0.25) is 13.9 Å². The van der Waals surface area contributed by atoms with Gasteiger partial charge in [0, 0.05) is 21.8 Å². The van der Waals surface area contributed by atoms with Crippen molar-refractivity contribution >= 4 is 50.8 Å². The lowest BCUT2D eigenvalue weighted by molar-refractivity contribution is -0.175. The third-order valence-corrected chi connectivity index (χ3v) is 10.2. The molecule has 1 saturated heterocycles. The summed E-state index contributed by atoms with van der Waals surface area (Å²) in [6, 6.07) is 15.1. The van der Waals surface area contributed by atoms with Gasteiger partial charge >= 0.3 is 12.1 Å². The highest BCUT2D eigenvalue weighted by Crippen LogP contribution is 2.46. The molecular weight excluding hydrogens is 675 g/mol. The van der Waals surface area contributed by atoms with Crippen molar-refractivity contribution in [1.29, 1.82) is 0 Å². The second-order valence-electron chi connectivity index (χ2n) is 10.8. The molecule has 2 fully saturated rings. The van der Waals surface area contributed by atoms with Gasteiger partial charge in [-0.1, -0.05) is 59.6 Å². The Morgan fingerprint density at radius 3 is 2.26 bits per heavy atom. The zero-order valence-corrected chi connectivity index (χ0v) is 26.0. The van der Waals surface area contributed by atoms with Gasteiger partial charge in [-0.15, -0.1) is 0 Å². The highest BCUT2D eigenvalue weighted by molar-refractivity contribution is 7.93. The van der Waals surface area contributed by atoms with E-state index in [1.54, 1.807) is 12.1 Å². The third-order valence-electron chi connectivity index (χ3n) is 7.46. The Labute approximate surface area is 271 Å². The molecule has 46 heavy (non-hydrogen) atoms. The molecule has 1 heterocycles. The molecule has 0 aromatic heterocycles. The monoisotopic (exact) mass is 700 g/mol. The van der Waals surface area contributed by atoms with E-state index in [0.29, 0.717) is 14.8 Å². The van der Waals surface area contributed by atoms with Crippen molar-refractivity contribution in [1.82, 2.24) is 4.90 Å². The predicted molar refractivity (Wildman–Crippen MR) is 162 cm³/mol. The van der Waals surface area contributed by atoms with E-state index in [9.17, 15) is 36.3 Å². The van der Waals surface area contributed by atoms with Crippen LogP contribution in [-0.4, -0.2) is 54.4 Å². The van der Waals surface area contributed by atoms with Crippen molar-refractivity contribution < 1.29 is 45.4 Å². The number of nitrogens with zero attached hydrogens (tertiary/aromatic N) is 2. The van der Waals surface area contributed by atoms with Crippen molar-refractivity contribution in [3.8, 4) is 0 Å². The molecule has 1 saturated carbocycles. The first-order chi connectivity index (χ1) is 21.7. The number of halogens is 6. The molecule has 0 radical (unpaired) electrons. The van der Waals surface area contributed by atoms with Crippen LogP contribution >= 0.6 is 23.2 Å². The molecule has 1 aliphatic carbocycles. The molecule has 1 N–H and O–H groups in total. The van der Waals surface area contributed by atoms with Crippen LogP contribution in [0.3, 0.4) is 0 Å². The average Bonchev–Trinajstić information content (AvgIpc) is 3.83. The van der Waals surface area contributed by atoms with Crippen molar-refractivity contribution in [2.75, 3.05) is 10.8 Å². The van der Waals surface area contributed by atoms with Crippen LogP contribution in [-0.2, 0) is 24.3 Å². The summed E-state index contributed by atoms with van der Waals surface area (Å²) in [6.07, 6.45) is -8.90. The first-order valence-corrected chi connectivity index (χ1v) is 16.2. The van der Waals surface area contributed by atoms with Gasteiger partial charge < -0.3 is 14.7 Å². The molecule has 0 spiro atoms. The highest BCUT2D eigenvalue weighted by Gasteiger charge is 2.49. The van der Waals surface area contributed by atoms with E-state index in [1.165, 1.54) is 48.5 Å². The molecular formula is C31H26Cl2F4N2O6S. The fourth-order valence-electron chi connectivity index (χ4n) is 5.32. The van der Waals surface area contributed by atoms with E-state index in [1.807, 2.05) is 0 Å². The van der Waals surface area contributed by atoms with Gasteiger partial charge in [0.1, 0.15) is 18.0 Å². The number of anilines is 1. The number of hydrogen-bond donors (Lipinski definition) is 1. The van der Waals surface area contributed by atoms with Gasteiger partial charge in [0.15, 0.2) is 0 Å². The van der Waals surface area contributed by atoms with Gasteiger partial charge in [0.25, 0.3) is 5.91 Å². The van der Waals surface area contributed by atoms with Crippen LogP contribution in [0.25, 0.3) is 0 Å². The number of alkyl halides is 3. The first kappa shape index (κ1) is 33.7. The third kappa shape index (κ3) is 7.49. The number of carboxylic acids is 1. The van der Waals surface area contributed by atoms with E-state index >= 15 is 4.39 Å². The number of carbonyl (C=O) groups excluding carboxylic acids is 1. The number of carboxylic acid groups (broad SMARTS) is 1. The van der Waals surface area contributed by atoms with Crippen molar-refractivity contribution in [2.24, 2.45) is 0 Å². The molecule has 1 amide bonds. The molecule has 3 atom stereocenters. The molecule has 3 unspecified atom stereocenters. The van der Waals surface area contributed by atoms with Crippen molar-refractivity contribution in [2.45, 2.75) is 48.9 Å². The van der Waals surface area contributed by atoms with Crippen molar-refractivity contribution in [3.63, 3.8) is 0 Å². The Morgan fingerprint density at radius 1 is 1.00 bits per heavy atom. The number of ether oxygens (including phenoxy) is 1. The smallest absolute Gasteiger partial charge is 0.411 e. The van der Waals surface area contributed by atoms with Crippen LogP contribution in [0.2, 0.25) is 10.0 Å². The van der Waals surface area contributed by atoms with E-state index in [2.05, 4.69) is 0 Å². The molecule has 2 aliphatic rings. The molecule has 15 heteroatoms. The SMILES string of the molecule is O=C(O)CC1OC(c2cccc(Cl)c2)C(c2ccc(Cl)cc2)N(C(=CC(F)(F)F)CN(c2ccccc2F)S(=O)(=O)C2CC2)C1=O. The zero-order chi connectivity index (χ0) is 33.4. The van der Waals surface area contributed by atoms with Crippen LogP contribution in [0.1, 0.15) is 42.5 Å². The number of aliphatic carboxylic acids is 1. The Balaban J connectivity index is 1.75. The minimum absolute atomic E-state index is 0.215. The minimum Gasteiger partial charge on any atom is -0.481 e. The minimum atomic E-state index is -5.10. The Hall–Kier alpha value is -3.65. The van der Waals surface area contributed by atoms with Crippen LogP contribution in [0.4, 0.5) is 23.2 Å². The number of carbonyl (C=O) groups is 2. The maximum atomic E-state index is 15.1. The van der Waals surface area contributed by atoms with Gasteiger partial charge in [-0.25, -0.2) is 12.8 Å². The molecule has 3 aromatic rings. The fourth-order valence-corrected chi connectivity index (χ4v) is 7.47. The Bertz CT molecular complexity index is 1770. The number of amides is 1. The van der Waals surface area contributed by atoms with E-state index in [-0.39, 0.29) is 34.5 Å². The number of para-hydroxylation sites is 1. The molecule has 244 valence electrons. The largest absolute Gasteiger partial charge is 0.481 e. The van der Waals surface area contributed by atoms with Crippen LogP contribution < -0.4 is 4.31 Å². The molecule has 3 aromatic carbocycles. The molecule has 0 bridgehead atoms.